The third-order valence-electron chi connectivity index (χ3n) is 1.05. The molecule has 0 aromatic heterocycles. The number of aliphatic hydroxyl groups excluding tert-OH is 1. The van der Waals surface area contributed by atoms with E-state index in [-0.39, 0.29) is 0 Å². The Morgan fingerprint density at radius 2 is 2.29 bits per heavy atom. The fourth-order valence-electron chi connectivity index (χ4n) is 0.287. The monoisotopic (exact) mass is 166 g/mol. The fourth-order valence-corrected chi connectivity index (χ4v) is 0.950. The molecular weight excluding hydrogens is 156 g/mol. The first kappa shape index (κ1) is 7.44. The molecule has 0 aromatic carbocycles. The molecule has 1 nitrogen and oxygen atoms in total. The summed E-state index contributed by atoms with van der Waals surface area (Å²) in [4.78, 5) is 0. The van der Waals surface area contributed by atoms with Crippen LogP contribution in [0.2, 0.25) is 0 Å². The first-order chi connectivity index (χ1) is 3.35. The van der Waals surface area contributed by atoms with Crippen LogP contribution < -0.4 is 0 Å². The molecule has 0 radical (unpaired) electrons. The van der Waals surface area contributed by atoms with Gasteiger partial charge in [0.05, 0.1) is 0 Å². The maximum Gasteiger partial charge on any atom is 0.0467 e. The second kappa shape index (κ2) is 4.60. The Morgan fingerprint density at radius 3 is 2.29 bits per heavy atom. The molecular formula is C5H11BrO. The van der Waals surface area contributed by atoms with E-state index in [1.54, 1.807) is 0 Å². The van der Waals surface area contributed by atoms with Gasteiger partial charge in [0.15, 0.2) is 0 Å². The number of hydrogen-bond acceptors (Lipinski definition) is 1. The normalized spacial score (nSPS) is 14.1. The van der Waals surface area contributed by atoms with E-state index in [0.717, 1.165) is 11.8 Å². The van der Waals surface area contributed by atoms with E-state index in [0.29, 0.717) is 12.5 Å². The lowest BCUT2D eigenvalue weighted by molar-refractivity contribution is 0.237. The molecule has 0 aromatic rings. The maximum atomic E-state index is 8.50. The third kappa shape index (κ3) is 3.06. The number of hydrogen-bond donors (Lipinski definition) is 1. The summed E-state index contributed by atoms with van der Waals surface area (Å²) in [5, 5.41) is 9.41. The molecule has 1 atom stereocenters. The van der Waals surface area contributed by atoms with E-state index in [2.05, 4.69) is 22.9 Å². The van der Waals surface area contributed by atoms with Crippen LogP contribution in [-0.2, 0) is 0 Å². The number of alkyl halides is 1. The molecule has 0 saturated heterocycles. The van der Waals surface area contributed by atoms with Crippen LogP contribution in [-0.4, -0.2) is 17.0 Å². The van der Waals surface area contributed by atoms with Gasteiger partial charge in [0.25, 0.3) is 0 Å². The zero-order valence-electron chi connectivity index (χ0n) is 4.52. The summed E-state index contributed by atoms with van der Waals surface area (Å²) in [5.74, 6) is 0.458. The molecule has 0 aliphatic heterocycles. The lowest BCUT2D eigenvalue weighted by atomic mass is 10.1. The van der Waals surface area contributed by atoms with Crippen molar-refractivity contribution in [1.82, 2.24) is 0 Å². The van der Waals surface area contributed by atoms with Crippen molar-refractivity contribution in [1.29, 1.82) is 0 Å². The quantitative estimate of drug-likeness (QED) is 0.630. The van der Waals surface area contributed by atoms with Gasteiger partial charge in [0, 0.05) is 11.9 Å². The molecule has 0 fully saturated rings. The van der Waals surface area contributed by atoms with E-state index in [4.69, 9.17) is 5.11 Å². The predicted molar refractivity (Wildman–Crippen MR) is 34.7 cm³/mol. The van der Waals surface area contributed by atoms with E-state index >= 15 is 0 Å². The van der Waals surface area contributed by atoms with Gasteiger partial charge in [0.1, 0.15) is 0 Å². The number of rotatable bonds is 3. The molecule has 0 aliphatic carbocycles. The zero-order valence-corrected chi connectivity index (χ0v) is 6.11. The minimum atomic E-state index is 0.307. The van der Waals surface area contributed by atoms with Gasteiger partial charge < -0.3 is 5.11 Å². The molecule has 0 heterocycles. The number of halogens is 1. The third-order valence-corrected chi connectivity index (χ3v) is 1.97. The van der Waals surface area contributed by atoms with E-state index in [9.17, 15) is 0 Å². The van der Waals surface area contributed by atoms with Gasteiger partial charge >= 0.3 is 0 Å². The van der Waals surface area contributed by atoms with E-state index in [1.165, 1.54) is 0 Å². The highest BCUT2D eigenvalue weighted by molar-refractivity contribution is 9.09. The van der Waals surface area contributed by atoms with Gasteiger partial charge in [-0.3, -0.25) is 0 Å². The van der Waals surface area contributed by atoms with E-state index in [1.807, 2.05) is 0 Å². The van der Waals surface area contributed by atoms with Gasteiger partial charge in [-0.25, -0.2) is 0 Å². The predicted octanol–water partition coefficient (Wildman–Crippen LogP) is 1.40. The molecule has 0 unspecified atom stereocenters. The SMILES string of the molecule is CC[C@@H](CO)CBr. The minimum Gasteiger partial charge on any atom is -0.396 e. The molecule has 1 N–H and O–H groups in total. The van der Waals surface area contributed by atoms with E-state index < -0.39 is 0 Å². The van der Waals surface area contributed by atoms with Crippen LogP contribution in [0.15, 0.2) is 0 Å². The molecule has 0 spiro atoms. The lowest BCUT2D eigenvalue weighted by Gasteiger charge is -2.03. The van der Waals surface area contributed by atoms with Crippen LogP contribution in [0.5, 0.6) is 0 Å². The highest BCUT2D eigenvalue weighted by Crippen LogP contribution is 2.03. The second-order valence-electron chi connectivity index (χ2n) is 1.61. The average molecular weight is 167 g/mol. The Bertz CT molecular complexity index is 29.6. The van der Waals surface area contributed by atoms with Crippen molar-refractivity contribution in [2.24, 2.45) is 5.92 Å². The van der Waals surface area contributed by atoms with Crippen molar-refractivity contribution in [3.8, 4) is 0 Å². The Morgan fingerprint density at radius 1 is 1.71 bits per heavy atom. The summed E-state index contributed by atoms with van der Waals surface area (Å²) in [6.07, 6.45) is 1.06. The largest absolute Gasteiger partial charge is 0.396 e. The van der Waals surface area contributed by atoms with Gasteiger partial charge in [-0.05, 0) is 5.92 Å². The summed E-state index contributed by atoms with van der Waals surface area (Å²) in [5.41, 5.74) is 0. The van der Waals surface area contributed by atoms with Crippen molar-refractivity contribution in [2.45, 2.75) is 13.3 Å². The van der Waals surface area contributed by atoms with Crippen LogP contribution in [0.3, 0.4) is 0 Å². The van der Waals surface area contributed by atoms with Crippen LogP contribution in [0.4, 0.5) is 0 Å². The second-order valence-corrected chi connectivity index (χ2v) is 2.26. The first-order valence-electron chi connectivity index (χ1n) is 2.52. The van der Waals surface area contributed by atoms with Gasteiger partial charge in [-0.2, -0.15) is 0 Å². The molecule has 2 heteroatoms. The molecule has 7 heavy (non-hydrogen) atoms. The molecule has 44 valence electrons. The van der Waals surface area contributed by atoms with Crippen LogP contribution in [0.25, 0.3) is 0 Å². The smallest absolute Gasteiger partial charge is 0.0467 e. The van der Waals surface area contributed by atoms with Crippen molar-refractivity contribution < 1.29 is 5.11 Å². The van der Waals surface area contributed by atoms with Crippen molar-refractivity contribution in [3.63, 3.8) is 0 Å². The Hall–Kier alpha value is 0.440. The summed E-state index contributed by atoms with van der Waals surface area (Å²) >= 11 is 3.28. The zero-order chi connectivity index (χ0) is 5.70. The van der Waals surface area contributed by atoms with Crippen molar-refractivity contribution in [3.05, 3.63) is 0 Å². The summed E-state index contributed by atoms with van der Waals surface area (Å²) in [6, 6.07) is 0. The summed E-state index contributed by atoms with van der Waals surface area (Å²) in [6.45, 7) is 2.38. The topological polar surface area (TPSA) is 20.2 Å². The molecule has 0 amide bonds. The fraction of sp³-hybridized carbons (Fsp3) is 1.00. The summed E-state index contributed by atoms with van der Waals surface area (Å²) < 4.78 is 0. The van der Waals surface area contributed by atoms with Crippen molar-refractivity contribution >= 4 is 15.9 Å². The lowest BCUT2D eigenvalue weighted by Crippen LogP contribution is -2.04. The van der Waals surface area contributed by atoms with Crippen LogP contribution in [0.1, 0.15) is 13.3 Å². The summed E-state index contributed by atoms with van der Waals surface area (Å²) in [7, 11) is 0. The number of aliphatic hydroxyl groups is 1. The van der Waals surface area contributed by atoms with Crippen LogP contribution in [0, 0.1) is 5.92 Å². The van der Waals surface area contributed by atoms with Gasteiger partial charge in [-0.15, -0.1) is 0 Å². The molecule has 0 aliphatic rings. The highest BCUT2D eigenvalue weighted by atomic mass is 79.9. The van der Waals surface area contributed by atoms with Gasteiger partial charge in [0.2, 0.25) is 0 Å². The average Bonchev–Trinajstić information content (AvgIpc) is 1.72. The van der Waals surface area contributed by atoms with Crippen molar-refractivity contribution in [2.75, 3.05) is 11.9 Å². The standard InChI is InChI=1S/C5H11BrO/c1-2-5(3-6)4-7/h5,7H,2-4H2,1H3/t5-/m1/s1. The van der Waals surface area contributed by atoms with Gasteiger partial charge in [-0.1, -0.05) is 29.3 Å². The Balaban J connectivity index is 2.99. The molecule has 0 rings (SSSR count). The molecule has 0 saturated carbocycles. The Labute approximate surface area is 52.9 Å². The first-order valence-corrected chi connectivity index (χ1v) is 3.64. The highest BCUT2D eigenvalue weighted by Gasteiger charge is 1.98. The minimum absolute atomic E-state index is 0.307. The maximum absolute atomic E-state index is 8.50. The van der Waals surface area contributed by atoms with Crippen LogP contribution >= 0.6 is 15.9 Å². The Kier molecular flexibility index (Phi) is 4.88. The molecule has 0 bridgehead atoms.